The zero-order chi connectivity index (χ0) is 28.4. The second-order valence-corrected chi connectivity index (χ2v) is 10.4. The fourth-order valence-corrected chi connectivity index (χ4v) is 5.01. The van der Waals surface area contributed by atoms with E-state index in [1.165, 1.54) is 0 Å². The van der Waals surface area contributed by atoms with E-state index in [-0.39, 0.29) is 12.5 Å². The molecule has 9 heteroatoms. The minimum absolute atomic E-state index is 0.140. The summed E-state index contributed by atoms with van der Waals surface area (Å²) in [5, 5.41) is 7.88. The Hall–Kier alpha value is -4.01. The highest BCUT2D eigenvalue weighted by molar-refractivity contribution is 6.31. The summed E-state index contributed by atoms with van der Waals surface area (Å²) in [6.07, 6.45) is 6.52. The Morgan fingerprint density at radius 3 is 2.68 bits per heavy atom. The van der Waals surface area contributed by atoms with Gasteiger partial charge in [0.15, 0.2) is 17.2 Å². The molecular formula is C32H35ClN4O4. The van der Waals surface area contributed by atoms with Gasteiger partial charge in [0.05, 0.1) is 32.0 Å². The van der Waals surface area contributed by atoms with Crippen LogP contribution < -0.4 is 19.5 Å². The maximum atomic E-state index is 13.4. The Labute approximate surface area is 245 Å². The molecule has 3 aromatic carbocycles. The number of halogens is 1. The van der Waals surface area contributed by atoms with Crippen molar-refractivity contribution in [3.8, 4) is 23.0 Å². The first-order chi connectivity index (χ1) is 20.1. The maximum Gasteiger partial charge on any atom is 0.238 e. The predicted molar refractivity (Wildman–Crippen MR) is 160 cm³/mol. The number of rotatable bonds is 6. The molecule has 0 spiro atoms. The van der Waals surface area contributed by atoms with Crippen LogP contribution in [-0.4, -0.2) is 46.9 Å². The van der Waals surface area contributed by atoms with Gasteiger partial charge in [-0.1, -0.05) is 29.8 Å². The second-order valence-electron chi connectivity index (χ2n) is 9.94. The van der Waals surface area contributed by atoms with Gasteiger partial charge in [0, 0.05) is 29.5 Å². The van der Waals surface area contributed by atoms with E-state index in [1.54, 1.807) is 24.4 Å². The molecule has 4 aromatic rings. The van der Waals surface area contributed by atoms with E-state index >= 15 is 0 Å². The van der Waals surface area contributed by atoms with Gasteiger partial charge in [-0.05, 0) is 86.8 Å². The maximum absolute atomic E-state index is 13.4. The number of hydrogen-bond donors (Lipinski definition) is 1. The van der Waals surface area contributed by atoms with Gasteiger partial charge in [0.2, 0.25) is 5.91 Å². The molecule has 0 unspecified atom stereocenters. The van der Waals surface area contributed by atoms with Crippen LogP contribution in [0.1, 0.15) is 37.3 Å². The van der Waals surface area contributed by atoms with Gasteiger partial charge < -0.3 is 19.5 Å². The lowest BCUT2D eigenvalue weighted by molar-refractivity contribution is -0.117. The van der Waals surface area contributed by atoms with Crippen molar-refractivity contribution in [1.29, 1.82) is 0 Å². The van der Waals surface area contributed by atoms with Crippen molar-refractivity contribution < 1.29 is 19.0 Å². The first kappa shape index (κ1) is 28.5. The quantitative estimate of drug-likeness (QED) is 0.273. The summed E-state index contributed by atoms with van der Waals surface area (Å²) in [6, 6.07) is 20.9. The average Bonchev–Trinajstić information content (AvgIpc) is 3.47. The highest BCUT2D eigenvalue weighted by Gasteiger charge is 2.17. The number of hydrogen-bond acceptors (Lipinski definition) is 6. The van der Waals surface area contributed by atoms with Crippen LogP contribution in [0.3, 0.4) is 0 Å². The summed E-state index contributed by atoms with van der Waals surface area (Å²) >= 11 is 6.30. The van der Waals surface area contributed by atoms with Crippen LogP contribution in [0, 0.1) is 0 Å². The molecule has 2 heterocycles. The number of benzene rings is 3. The third-order valence-electron chi connectivity index (χ3n) is 6.75. The predicted octanol–water partition coefficient (Wildman–Crippen LogP) is 6.78. The average molecular weight is 575 g/mol. The van der Waals surface area contributed by atoms with E-state index in [2.05, 4.69) is 27.4 Å². The van der Waals surface area contributed by atoms with E-state index in [9.17, 15) is 4.79 Å². The smallest absolute Gasteiger partial charge is 0.238 e. The van der Waals surface area contributed by atoms with Crippen molar-refractivity contribution in [2.45, 2.75) is 39.3 Å². The molecule has 1 aliphatic rings. The van der Waals surface area contributed by atoms with Crippen LogP contribution in [0.25, 0.3) is 0 Å². The molecule has 0 bridgehead atoms. The molecule has 0 radical (unpaired) electrons. The summed E-state index contributed by atoms with van der Waals surface area (Å²) in [5.41, 5.74) is 2.66. The molecule has 1 amide bonds. The molecular weight excluding hydrogens is 540 g/mol. The highest BCUT2D eigenvalue weighted by Crippen LogP contribution is 2.36. The Bertz CT molecular complexity index is 1440. The molecule has 1 aliphatic heterocycles. The molecule has 8 nitrogen and oxygen atoms in total. The van der Waals surface area contributed by atoms with Crippen molar-refractivity contribution in [3.63, 3.8) is 0 Å². The third kappa shape index (κ3) is 8.02. The van der Waals surface area contributed by atoms with E-state index < -0.39 is 0 Å². The number of ether oxygens (including phenoxy) is 3. The van der Waals surface area contributed by atoms with Crippen molar-refractivity contribution >= 4 is 23.2 Å². The number of amides is 1. The highest BCUT2D eigenvalue weighted by atomic mass is 35.5. The first-order valence-corrected chi connectivity index (χ1v) is 14.4. The number of nitrogens with one attached hydrogen (secondary N) is 1. The summed E-state index contributed by atoms with van der Waals surface area (Å²) in [7, 11) is 0. The molecule has 0 saturated carbocycles. The SMILES string of the molecule is CCOc1ccc(CN2CCCCCOc3ccccc3Oc3ccc(Cl)cc3NC(=O)C2)cc1Cn1cccn1. The Morgan fingerprint density at radius 2 is 1.85 bits per heavy atom. The van der Waals surface area contributed by atoms with E-state index in [1.807, 2.05) is 54.2 Å². The molecule has 1 N–H and O–H groups in total. The first-order valence-electron chi connectivity index (χ1n) is 14.0. The Kier molecular flexibility index (Phi) is 9.78. The Balaban J connectivity index is 1.36. The van der Waals surface area contributed by atoms with Crippen LogP contribution >= 0.6 is 11.6 Å². The number of fused-ring (bicyclic) bond motifs is 2. The van der Waals surface area contributed by atoms with Crippen LogP contribution in [0.15, 0.2) is 79.1 Å². The largest absolute Gasteiger partial charge is 0.494 e. The zero-order valence-electron chi connectivity index (χ0n) is 23.2. The van der Waals surface area contributed by atoms with E-state index in [0.29, 0.717) is 54.3 Å². The minimum atomic E-state index is -0.140. The zero-order valence-corrected chi connectivity index (χ0v) is 24.0. The second kappa shape index (κ2) is 14.1. The molecule has 0 saturated heterocycles. The Morgan fingerprint density at radius 1 is 0.976 bits per heavy atom. The standard InChI is InChI=1S/C32H35ClN4O4/c1-2-39-28-13-11-24(19-25(28)22-37-17-8-15-34-37)21-36-16-6-3-7-18-40-30-9-4-5-10-31(30)41-29-14-12-26(33)20-27(29)35-32(38)23-36/h4-5,8-15,17,19-20H,2-3,6-7,16,18,21-23H2,1H3,(H,35,38). The molecule has 5 rings (SSSR count). The van der Waals surface area contributed by atoms with Crippen LogP contribution in [0.4, 0.5) is 5.69 Å². The number of carbonyl (C=O) groups excluding carboxylic acids is 1. The van der Waals surface area contributed by atoms with Gasteiger partial charge in [-0.2, -0.15) is 5.10 Å². The summed E-state index contributed by atoms with van der Waals surface area (Å²) < 4.78 is 20.0. The van der Waals surface area contributed by atoms with Gasteiger partial charge in [0.1, 0.15) is 5.75 Å². The number of aromatic nitrogens is 2. The van der Waals surface area contributed by atoms with Gasteiger partial charge in [-0.25, -0.2) is 0 Å². The summed E-state index contributed by atoms with van der Waals surface area (Å²) in [4.78, 5) is 15.5. The lowest BCUT2D eigenvalue weighted by Gasteiger charge is -2.23. The fraction of sp³-hybridized carbons (Fsp3) is 0.312. The van der Waals surface area contributed by atoms with Gasteiger partial charge in [-0.3, -0.25) is 14.4 Å². The normalized spacial score (nSPS) is 14.8. The topological polar surface area (TPSA) is 77.9 Å². The molecule has 0 atom stereocenters. The molecule has 0 aliphatic carbocycles. The number of carbonyl (C=O) groups is 1. The lowest BCUT2D eigenvalue weighted by Crippen LogP contribution is -2.33. The van der Waals surface area contributed by atoms with Crippen LogP contribution in [0.2, 0.25) is 5.02 Å². The minimum Gasteiger partial charge on any atom is -0.494 e. The van der Waals surface area contributed by atoms with Crippen molar-refractivity contribution in [1.82, 2.24) is 14.7 Å². The van der Waals surface area contributed by atoms with Gasteiger partial charge in [-0.15, -0.1) is 0 Å². The number of anilines is 1. The van der Waals surface area contributed by atoms with Crippen molar-refractivity contribution in [2.75, 3.05) is 31.6 Å². The van der Waals surface area contributed by atoms with Gasteiger partial charge in [0.25, 0.3) is 0 Å². The lowest BCUT2D eigenvalue weighted by atomic mass is 10.1. The molecule has 214 valence electrons. The third-order valence-corrected chi connectivity index (χ3v) is 6.99. The summed E-state index contributed by atoms with van der Waals surface area (Å²) in [6.45, 7) is 5.37. The van der Waals surface area contributed by atoms with E-state index in [4.69, 9.17) is 25.8 Å². The van der Waals surface area contributed by atoms with Crippen LogP contribution in [-0.2, 0) is 17.9 Å². The molecule has 1 aromatic heterocycles. The summed E-state index contributed by atoms with van der Waals surface area (Å²) in [5.74, 6) is 2.45. The number of para-hydroxylation sites is 2. The molecule has 41 heavy (non-hydrogen) atoms. The van der Waals surface area contributed by atoms with Gasteiger partial charge >= 0.3 is 0 Å². The fourth-order valence-electron chi connectivity index (χ4n) is 4.84. The van der Waals surface area contributed by atoms with Crippen LogP contribution in [0.5, 0.6) is 23.0 Å². The van der Waals surface area contributed by atoms with Crippen molar-refractivity contribution in [3.05, 3.63) is 95.3 Å². The molecule has 0 fully saturated rings. The monoisotopic (exact) mass is 574 g/mol. The number of nitrogens with zero attached hydrogens (tertiary/aromatic N) is 3. The van der Waals surface area contributed by atoms with Crippen molar-refractivity contribution in [2.24, 2.45) is 0 Å². The van der Waals surface area contributed by atoms with E-state index in [0.717, 1.165) is 42.7 Å².